The van der Waals surface area contributed by atoms with Crippen molar-refractivity contribution in [2.75, 3.05) is 19.0 Å². The third kappa shape index (κ3) is 8.63. The Morgan fingerprint density at radius 2 is 1.77 bits per heavy atom. The highest BCUT2D eigenvalue weighted by Gasteiger charge is 2.16. The van der Waals surface area contributed by atoms with Gasteiger partial charge in [0.05, 0.1) is 6.61 Å². The van der Waals surface area contributed by atoms with E-state index in [1.807, 2.05) is 6.92 Å². The van der Waals surface area contributed by atoms with Crippen LogP contribution in [0.2, 0.25) is 0 Å². The minimum absolute atomic E-state index is 0.00936. The molecule has 0 spiro atoms. The molecule has 0 aliphatic rings. The van der Waals surface area contributed by atoms with Crippen LogP contribution in [0.5, 0.6) is 0 Å². The molecule has 8 nitrogen and oxygen atoms in total. The Morgan fingerprint density at radius 3 is 2.31 bits per heavy atom. The van der Waals surface area contributed by atoms with E-state index >= 15 is 0 Å². The van der Waals surface area contributed by atoms with Crippen LogP contribution in [0.3, 0.4) is 0 Å². The lowest BCUT2D eigenvalue weighted by Gasteiger charge is -2.19. The third-order valence-corrected chi connectivity index (χ3v) is 3.10. The average molecular weight is 382 g/mol. The van der Waals surface area contributed by atoms with Gasteiger partial charge in [-0.05, 0) is 64.2 Å². The van der Waals surface area contributed by atoms with Gasteiger partial charge in [0.1, 0.15) is 5.60 Å². The molecule has 0 bridgehead atoms. The second-order valence-electron chi connectivity index (χ2n) is 6.61. The maximum Gasteiger partial charge on any atom is 0.412 e. The predicted molar refractivity (Wildman–Crippen MR) is 104 cm³/mol. The Morgan fingerprint density at radius 1 is 1.15 bits per heavy atom. The molecule has 1 aromatic rings. The van der Waals surface area contributed by atoms with Gasteiger partial charge in [-0.25, -0.2) is 4.79 Å². The van der Waals surface area contributed by atoms with E-state index in [2.05, 4.69) is 21.5 Å². The van der Waals surface area contributed by atoms with Crippen molar-refractivity contribution < 1.29 is 19.1 Å². The number of hydrazine groups is 1. The van der Waals surface area contributed by atoms with E-state index in [-0.39, 0.29) is 17.1 Å². The first-order valence-corrected chi connectivity index (χ1v) is 8.47. The molecular weight excluding hydrogens is 356 g/mol. The molecule has 0 saturated heterocycles. The van der Waals surface area contributed by atoms with Crippen molar-refractivity contribution in [1.82, 2.24) is 16.2 Å². The van der Waals surface area contributed by atoms with Crippen LogP contribution in [0.1, 0.15) is 38.1 Å². The first-order valence-electron chi connectivity index (χ1n) is 8.06. The highest BCUT2D eigenvalue weighted by atomic mass is 32.1. The van der Waals surface area contributed by atoms with Crippen molar-refractivity contribution >= 4 is 35.0 Å². The summed E-state index contributed by atoms with van der Waals surface area (Å²) in [7, 11) is 1.60. The van der Waals surface area contributed by atoms with Crippen molar-refractivity contribution in [3.8, 4) is 0 Å². The second kappa shape index (κ2) is 9.93. The summed E-state index contributed by atoms with van der Waals surface area (Å²) >= 11 is 5.07. The SMILES string of the molecule is COC[C@H](C)NC(=S)NNC(=O)c1ccc(NC(=O)OC(C)(C)C)cc1. The predicted octanol–water partition coefficient (Wildman–Crippen LogP) is 2.18. The summed E-state index contributed by atoms with van der Waals surface area (Å²) < 4.78 is 10.2. The third-order valence-electron chi connectivity index (χ3n) is 2.88. The van der Waals surface area contributed by atoms with E-state index in [0.717, 1.165) is 0 Å². The minimum atomic E-state index is -0.581. The van der Waals surface area contributed by atoms with Crippen molar-refractivity contribution in [2.45, 2.75) is 39.3 Å². The Hall–Kier alpha value is -2.39. The number of hydrogen-bond acceptors (Lipinski definition) is 5. The van der Waals surface area contributed by atoms with Crippen LogP contribution in [0, 0.1) is 0 Å². The van der Waals surface area contributed by atoms with E-state index in [0.29, 0.717) is 17.9 Å². The molecule has 26 heavy (non-hydrogen) atoms. The highest BCUT2D eigenvalue weighted by molar-refractivity contribution is 7.80. The molecule has 4 N–H and O–H groups in total. The number of amides is 2. The molecule has 0 heterocycles. The van der Waals surface area contributed by atoms with E-state index < -0.39 is 11.7 Å². The van der Waals surface area contributed by atoms with Gasteiger partial charge in [-0.2, -0.15) is 0 Å². The van der Waals surface area contributed by atoms with E-state index in [4.69, 9.17) is 21.7 Å². The molecule has 0 aliphatic carbocycles. The zero-order valence-electron chi connectivity index (χ0n) is 15.6. The molecule has 0 unspecified atom stereocenters. The fourth-order valence-electron chi connectivity index (χ4n) is 1.86. The lowest BCUT2D eigenvalue weighted by atomic mass is 10.2. The first kappa shape index (κ1) is 21.7. The molecule has 144 valence electrons. The number of rotatable bonds is 5. The molecule has 1 aromatic carbocycles. The quantitative estimate of drug-likeness (QED) is 0.457. The number of anilines is 1. The number of nitrogens with one attached hydrogen (secondary N) is 4. The zero-order valence-corrected chi connectivity index (χ0v) is 16.5. The van der Waals surface area contributed by atoms with Gasteiger partial charge < -0.3 is 14.8 Å². The Bertz CT molecular complexity index is 629. The molecular formula is C17H26N4O4S. The molecule has 9 heteroatoms. The van der Waals surface area contributed by atoms with Gasteiger partial charge in [0, 0.05) is 24.4 Å². The molecule has 1 atom stereocenters. The smallest absolute Gasteiger partial charge is 0.412 e. The molecule has 1 rings (SSSR count). The summed E-state index contributed by atoms with van der Waals surface area (Å²) in [6, 6.07) is 6.38. The summed E-state index contributed by atoms with van der Waals surface area (Å²) in [4.78, 5) is 23.8. The number of methoxy groups -OCH3 is 1. The summed E-state index contributed by atoms with van der Waals surface area (Å²) in [6.07, 6.45) is -0.557. The number of benzene rings is 1. The van der Waals surface area contributed by atoms with Crippen LogP contribution in [0.25, 0.3) is 0 Å². The van der Waals surface area contributed by atoms with E-state index in [1.165, 1.54) is 0 Å². The molecule has 0 radical (unpaired) electrons. The normalized spacial score (nSPS) is 11.9. The summed E-state index contributed by atoms with van der Waals surface area (Å²) in [5.41, 5.74) is 5.46. The van der Waals surface area contributed by atoms with Crippen LogP contribution in [-0.4, -0.2) is 42.5 Å². The van der Waals surface area contributed by atoms with Gasteiger partial charge in [-0.15, -0.1) is 0 Å². The maximum absolute atomic E-state index is 12.1. The second-order valence-corrected chi connectivity index (χ2v) is 7.02. The first-order chi connectivity index (χ1) is 12.1. The fourth-order valence-corrected chi connectivity index (χ4v) is 2.12. The van der Waals surface area contributed by atoms with Gasteiger partial charge >= 0.3 is 6.09 Å². The number of carbonyl (C=O) groups excluding carboxylic acids is 2. The summed E-state index contributed by atoms with van der Waals surface area (Å²) in [5, 5.41) is 5.84. The van der Waals surface area contributed by atoms with Crippen LogP contribution < -0.4 is 21.5 Å². The Balaban J connectivity index is 2.48. The zero-order chi connectivity index (χ0) is 19.7. The van der Waals surface area contributed by atoms with Gasteiger partial charge in [0.25, 0.3) is 5.91 Å². The summed E-state index contributed by atoms with van der Waals surface area (Å²) in [5.74, 6) is -0.364. The fraction of sp³-hybridized carbons (Fsp3) is 0.471. The highest BCUT2D eigenvalue weighted by Crippen LogP contribution is 2.12. The number of hydrogen-bond donors (Lipinski definition) is 4. The largest absolute Gasteiger partial charge is 0.444 e. The molecule has 0 aromatic heterocycles. The molecule has 0 fully saturated rings. The number of carbonyl (C=O) groups is 2. The molecule has 0 aliphatic heterocycles. The average Bonchev–Trinajstić information content (AvgIpc) is 2.51. The van der Waals surface area contributed by atoms with Crippen molar-refractivity contribution in [1.29, 1.82) is 0 Å². The van der Waals surface area contributed by atoms with Gasteiger partial charge in [-0.1, -0.05) is 0 Å². The van der Waals surface area contributed by atoms with Gasteiger partial charge in [-0.3, -0.25) is 21.0 Å². The van der Waals surface area contributed by atoms with Gasteiger partial charge in [0.15, 0.2) is 5.11 Å². The lowest BCUT2D eigenvalue weighted by Crippen LogP contribution is -2.49. The van der Waals surface area contributed by atoms with Crippen LogP contribution in [0.15, 0.2) is 24.3 Å². The minimum Gasteiger partial charge on any atom is -0.444 e. The molecule has 0 saturated carbocycles. The van der Waals surface area contributed by atoms with Crippen molar-refractivity contribution in [3.05, 3.63) is 29.8 Å². The maximum atomic E-state index is 12.1. The monoisotopic (exact) mass is 382 g/mol. The van der Waals surface area contributed by atoms with Crippen LogP contribution in [0.4, 0.5) is 10.5 Å². The number of thiocarbonyl (C=S) groups is 1. The van der Waals surface area contributed by atoms with E-state index in [9.17, 15) is 9.59 Å². The Kier molecular flexibility index (Phi) is 8.27. The van der Waals surface area contributed by atoms with Crippen molar-refractivity contribution in [3.63, 3.8) is 0 Å². The number of ether oxygens (including phenoxy) is 2. The van der Waals surface area contributed by atoms with Gasteiger partial charge in [0.2, 0.25) is 0 Å². The standard InChI is InChI=1S/C17H26N4O4S/c1-11(10-24-5)18-15(26)21-20-14(22)12-6-8-13(9-7-12)19-16(23)25-17(2,3)4/h6-9,11H,10H2,1-5H3,(H,19,23)(H,20,22)(H2,18,21,26)/t11-/m0/s1. The Labute approximate surface area is 159 Å². The van der Waals surface area contributed by atoms with E-state index in [1.54, 1.807) is 52.1 Å². The van der Waals surface area contributed by atoms with Crippen LogP contribution >= 0.6 is 12.2 Å². The lowest BCUT2D eigenvalue weighted by molar-refractivity contribution is 0.0635. The van der Waals surface area contributed by atoms with Crippen molar-refractivity contribution in [2.24, 2.45) is 0 Å². The topological polar surface area (TPSA) is 101 Å². The summed E-state index contributed by atoms with van der Waals surface area (Å²) in [6.45, 7) is 7.73. The molecule has 2 amide bonds. The van der Waals surface area contributed by atoms with Crippen LogP contribution in [-0.2, 0) is 9.47 Å².